The summed E-state index contributed by atoms with van der Waals surface area (Å²) in [5.74, 6) is 0.520. The standard InChI is InChI=1S/C24H22N2O5/c1-16(27)26-12-11-17-7-3-4-8-19(17)22(26)14-24(28)30-15-18-13-21(25-31-18)20-9-5-6-10-23(20)29-2/h3-13,22H,14-15H2,1-2H3/t22-/m1/s1. The van der Waals surface area contributed by atoms with Crippen LogP contribution in [0.25, 0.3) is 17.3 Å². The maximum absolute atomic E-state index is 12.6. The highest BCUT2D eigenvalue weighted by molar-refractivity contribution is 5.80. The Hall–Kier alpha value is -3.87. The van der Waals surface area contributed by atoms with E-state index in [1.54, 1.807) is 24.3 Å². The Bertz CT molecular complexity index is 1130. The van der Waals surface area contributed by atoms with Gasteiger partial charge < -0.3 is 18.9 Å². The first-order chi connectivity index (χ1) is 15.1. The molecule has 0 spiro atoms. The molecule has 4 rings (SSSR count). The fourth-order valence-corrected chi connectivity index (χ4v) is 3.65. The fraction of sp³-hybridized carbons (Fsp3) is 0.208. The maximum Gasteiger partial charge on any atom is 0.308 e. The number of methoxy groups -OCH3 is 1. The minimum atomic E-state index is -0.434. The van der Waals surface area contributed by atoms with Crippen molar-refractivity contribution in [3.8, 4) is 17.0 Å². The van der Waals surface area contributed by atoms with Crippen LogP contribution in [0.15, 0.2) is 65.3 Å². The number of carbonyl (C=O) groups is 2. The molecule has 158 valence electrons. The molecule has 0 aliphatic carbocycles. The number of carbonyl (C=O) groups excluding carboxylic acids is 2. The summed E-state index contributed by atoms with van der Waals surface area (Å²) in [5, 5.41) is 4.05. The Balaban J connectivity index is 1.43. The molecule has 0 unspecified atom stereocenters. The molecule has 0 fully saturated rings. The van der Waals surface area contributed by atoms with Crippen molar-refractivity contribution in [1.82, 2.24) is 10.1 Å². The second-order valence-corrected chi connectivity index (χ2v) is 7.13. The lowest BCUT2D eigenvalue weighted by molar-refractivity contribution is -0.147. The van der Waals surface area contributed by atoms with Gasteiger partial charge in [-0.3, -0.25) is 9.59 Å². The van der Waals surface area contributed by atoms with E-state index in [2.05, 4.69) is 5.16 Å². The molecule has 7 nitrogen and oxygen atoms in total. The molecule has 0 N–H and O–H groups in total. The molecule has 0 bridgehead atoms. The second kappa shape index (κ2) is 8.87. The molecule has 0 saturated carbocycles. The first kappa shape index (κ1) is 20.4. The number of amides is 1. The van der Waals surface area contributed by atoms with Crippen molar-refractivity contribution >= 4 is 18.0 Å². The van der Waals surface area contributed by atoms with Crippen LogP contribution < -0.4 is 4.74 Å². The van der Waals surface area contributed by atoms with E-state index in [-0.39, 0.29) is 18.9 Å². The number of ether oxygens (including phenoxy) is 2. The number of nitrogens with zero attached hydrogens (tertiary/aromatic N) is 2. The third kappa shape index (κ3) is 4.35. The van der Waals surface area contributed by atoms with Crippen molar-refractivity contribution in [2.45, 2.75) is 26.0 Å². The molecule has 1 amide bonds. The highest BCUT2D eigenvalue weighted by Crippen LogP contribution is 2.33. The number of benzene rings is 2. The van der Waals surface area contributed by atoms with Crippen molar-refractivity contribution < 1.29 is 23.6 Å². The zero-order chi connectivity index (χ0) is 21.8. The summed E-state index contributed by atoms with van der Waals surface area (Å²) < 4.78 is 16.1. The van der Waals surface area contributed by atoms with E-state index in [0.717, 1.165) is 16.7 Å². The smallest absolute Gasteiger partial charge is 0.308 e. The lowest BCUT2D eigenvalue weighted by Gasteiger charge is -2.32. The van der Waals surface area contributed by atoms with E-state index in [0.29, 0.717) is 17.2 Å². The van der Waals surface area contributed by atoms with Crippen molar-refractivity contribution in [2.24, 2.45) is 0 Å². The SMILES string of the molecule is COc1ccccc1-c1cc(COC(=O)C[C@@H]2c3ccccc3C=CN2C(C)=O)on1. The molecule has 2 aromatic carbocycles. The Morgan fingerprint density at radius 1 is 1.13 bits per heavy atom. The number of rotatable bonds is 6. The zero-order valence-electron chi connectivity index (χ0n) is 17.3. The number of para-hydroxylation sites is 1. The van der Waals surface area contributed by atoms with Crippen LogP contribution in [-0.2, 0) is 20.9 Å². The van der Waals surface area contributed by atoms with Gasteiger partial charge in [-0.15, -0.1) is 0 Å². The minimum absolute atomic E-state index is 0.0361. The van der Waals surface area contributed by atoms with Crippen LogP contribution in [0.5, 0.6) is 5.75 Å². The molecule has 1 aliphatic heterocycles. The number of hydrogen-bond donors (Lipinski definition) is 0. The highest BCUT2D eigenvalue weighted by atomic mass is 16.5. The van der Waals surface area contributed by atoms with Crippen LogP contribution in [-0.4, -0.2) is 29.0 Å². The first-order valence-electron chi connectivity index (χ1n) is 9.87. The average molecular weight is 418 g/mol. The van der Waals surface area contributed by atoms with Gasteiger partial charge in [0.25, 0.3) is 0 Å². The van der Waals surface area contributed by atoms with Crippen LogP contribution in [0.2, 0.25) is 0 Å². The normalized spacial score (nSPS) is 14.8. The van der Waals surface area contributed by atoms with Gasteiger partial charge in [-0.1, -0.05) is 41.6 Å². The summed E-state index contributed by atoms with van der Waals surface area (Å²) in [7, 11) is 1.59. The Morgan fingerprint density at radius 3 is 2.71 bits per heavy atom. The van der Waals surface area contributed by atoms with Gasteiger partial charge in [-0.2, -0.15) is 0 Å². The number of hydrogen-bond acceptors (Lipinski definition) is 6. The predicted molar refractivity (Wildman–Crippen MR) is 114 cm³/mol. The van der Waals surface area contributed by atoms with E-state index in [9.17, 15) is 9.59 Å². The molecule has 7 heteroatoms. The first-order valence-corrected chi connectivity index (χ1v) is 9.87. The topological polar surface area (TPSA) is 81.9 Å². The molecule has 3 aromatic rings. The van der Waals surface area contributed by atoms with E-state index in [1.165, 1.54) is 6.92 Å². The summed E-state index contributed by atoms with van der Waals surface area (Å²) in [6.45, 7) is 1.43. The summed E-state index contributed by atoms with van der Waals surface area (Å²) >= 11 is 0. The van der Waals surface area contributed by atoms with Crippen LogP contribution in [0.3, 0.4) is 0 Å². The molecule has 0 radical (unpaired) electrons. The average Bonchev–Trinajstić information content (AvgIpc) is 3.26. The van der Waals surface area contributed by atoms with Gasteiger partial charge in [0.15, 0.2) is 12.4 Å². The molecule has 1 aromatic heterocycles. The van der Waals surface area contributed by atoms with Gasteiger partial charge in [-0.25, -0.2) is 0 Å². The predicted octanol–water partition coefficient (Wildman–Crippen LogP) is 4.36. The summed E-state index contributed by atoms with van der Waals surface area (Å²) in [5.41, 5.74) is 3.27. The van der Waals surface area contributed by atoms with Gasteiger partial charge in [0.05, 0.1) is 19.6 Å². The molecule has 2 heterocycles. The van der Waals surface area contributed by atoms with Crippen LogP contribution in [0.4, 0.5) is 0 Å². The van der Waals surface area contributed by atoms with Crippen LogP contribution in [0, 0.1) is 0 Å². The van der Waals surface area contributed by atoms with Crippen molar-refractivity contribution in [2.75, 3.05) is 7.11 Å². The number of aromatic nitrogens is 1. The monoisotopic (exact) mass is 418 g/mol. The van der Waals surface area contributed by atoms with Crippen molar-refractivity contribution in [3.63, 3.8) is 0 Å². The third-order valence-electron chi connectivity index (χ3n) is 5.15. The zero-order valence-corrected chi connectivity index (χ0v) is 17.3. The molecular weight excluding hydrogens is 396 g/mol. The number of fused-ring (bicyclic) bond motifs is 1. The molecule has 1 atom stereocenters. The Kier molecular flexibility index (Phi) is 5.84. The van der Waals surface area contributed by atoms with Crippen LogP contribution in [0.1, 0.15) is 36.3 Å². The minimum Gasteiger partial charge on any atom is -0.496 e. The van der Waals surface area contributed by atoms with E-state index >= 15 is 0 Å². The summed E-state index contributed by atoms with van der Waals surface area (Å²) in [6.07, 6.45) is 3.61. The van der Waals surface area contributed by atoms with Gasteiger partial charge in [-0.05, 0) is 29.3 Å². The quantitative estimate of drug-likeness (QED) is 0.554. The van der Waals surface area contributed by atoms with E-state index in [4.69, 9.17) is 14.0 Å². The van der Waals surface area contributed by atoms with Crippen LogP contribution >= 0.6 is 0 Å². The van der Waals surface area contributed by atoms with Crippen molar-refractivity contribution in [1.29, 1.82) is 0 Å². The largest absolute Gasteiger partial charge is 0.496 e. The molecule has 31 heavy (non-hydrogen) atoms. The van der Waals surface area contributed by atoms with E-state index < -0.39 is 12.0 Å². The summed E-state index contributed by atoms with van der Waals surface area (Å²) in [6, 6.07) is 16.4. The van der Waals surface area contributed by atoms with Gasteiger partial charge >= 0.3 is 5.97 Å². The Labute approximate surface area is 179 Å². The molecule has 1 aliphatic rings. The van der Waals surface area contributed by atoms with Gasteiger partial charge in [0, 0.05) is 24.8 Å². The lowest BCUT2D eigenvalue weighted by Crippen LogP contribution is -2.32. The summed E-state index contributed by atoms with van der Waals surface area (Å²) in [4.78, 5) is 26.2. The Morgan fingerprint density at radius 2 is 1.90 bits per heavy atom. The highest BCUT2D eigenvalue weighted by Gasteiger charge is 2.28. The van der Waals surface area contributed by atoms with E-state index in [1.807, 2.05) is 54.6 Å². The molecule has 0 saturated heterocycles. The van der Waals surface area contributed by atoms with Gasteiger partial charge in [0.1, 0.15) is 11.4 Å². The lowest BCUT2D eigenvalue weighted by atomic mass is 9.94. The van der Waals surface area contributed by atoms with Crippen molar-refractivity contribution in [3.05, 3.63) is 77.7 Å². The van der Waals surface area contributed by atoms with Gasteiger partial charge in [0.2, 0.25) is 5.91 Å². The second-order valence-electron chi connectivity index (χ2n) is 7.13. The molecular formula is C24H22N2O5. The maximum atomic E-state index is 12.6. The third-order valence-corrected chi connectivity index (χ3v) is 5.15. The number of esters is 1. The fourth-order valence-electron chi connectivity index (χ4n) is 3.65.